The number of nitrogens with one attached hydrogen (secondary N) is 1. The predicted octanol–water partition coefficient (Wildman–Crippen LogP) is 0.897. The third-order valence-electron chi connectivity index (χ3n) is 3.59. The zero-order valence-corrected chi connectivity index (χ0v) is 9.52. The topological polar surface area (TPSA) is 61.8 Å². The van der Waals surface area contributed by atoms with Crippen molar-refractivity contribution >= 4 is 6.09 Å². The van der Waals surface area contributed by atoms with Gasteiger partial charge in [0.1, 0.15) is 0 Å². The summed E-state index contributed by atoms with van der Waals surface area (Å²) >= 11 is 0. The lowest BCUT2D eigenvalue weighted by Crippen LogP contribution is -2.47. The first-order valence-electron chi connectivity index (χ1n) is 6.07. The second kappa shape index (κ2) is 5.50. The van der Waals surface area contributed by atoms with Crippen molar-refractivity contribution in [2.45, 2.75) is 37.8 Å². The first-order valence-corrected chi connectivity index (χ1v) is 6.07. The van der Waals surface area contributed by atoms with Gasteiger partial charge in [0.05, 0.1) is 13.2 Å². The highest BCUT2D eigenvalue weighted by Crippen LogP contribution is 2.23. The smallest absolute Gasteiger partial charge is 0.404 e. The maximum absolute atomic E-state index is 10.5. The molecule has 1 amide bonds. The number of hydrogen-bond acceptors (Lipinski definition) is 3. The Labute approximate surface area is 95.8 Å². The summed E-state index contributed by atoms with van der Waals surface area (Å²) in [5.41, 5.74) is 0. The number of amides is 1. The summed E-state index contributed by atoms with van der Waals surface area (Å²) < 4.78 is 5.33. The van der Waals surface area contributed by atoms with Crippen LogP contribution in [0.15, 0.2) is 0 Å². The third kappa shape index (κ3) is 3.09. The minimum Gasteiger partial charge on any atom is -0.465 e. The number of ether oxygens (including phenoxy) is 1. The fraction of sp³-hybridized carbons (Fsp3) is 0.909. The lowest BCUT2D eigenvalue weighted by atomic mass is 9.90. The Balaban J connectivity index is 1.73. The van der Waals surface area contributed by atoms with Crippen molar-refractivity contribution in [2.75, 3.05) is 26.3 Å². The predicted molar refractivity (Wildman–Crippen MR) is 59.6 cm³/mol. The molecule has 92 valence electrons. The molecule has 1 aliphatic heterocycles. The van der Waals surface area contributed by atoms with Crippen LogP contribution in [0.5, 0.6) is 0 Å². The summed E-state index contributed by atoms with van der Waals surface area (Å²) in [6, 6.07) is 0.797. The molecule has 1 saturated heterocycles. The highest BCUT2D eigenvalue weighted by atomic mass is 16.5. The summed E-state index contributed by atoms with van der Waals surface area (Å²) in [5, 5.41) is 11.2. The molecule has 1 aliphatic carbocycles. The molecule has 2 rings (SSSR count). The Morgan fingerprint density at radius 1 is 1.19 bits per heavy atom. The minimum absolute atomic E-state index is 0.162. The molecule has 2 aliphatic rings. The van der Waals surface area contributed by atoms with Gasteiger partial charge in [0, 0.05) is 25.2 Å². The molecular weight excluding hydrogens is 208 g/mol. The van der Waals surface area contributed by atoms with Crippen LogP contribution in [-0.4, -0.2) is 54.5 Å². The van der Waals surface area contributed by atoms with Gasteiger partial charge in [-0.15, -0.1) is 0 Å². The van der Waals surface area contributed by atoms with Crippen LogP contribution in [0.3, 0.4) is 0 Å². The average Bonchev–Trinajstić information content (AvgIpc) is 2.30. The van der Waals surface area contributed by atoms with E-state index in [-0.39, 0.29) is 6.04 Å². The van der Waals surface area contributed by atoms with Gasteiger partial charge in [-0.1, -0.05) is 0 Å². The van der Waals surface area contributed by atoms with Gasteiger partial charge in [-0.05, 0) is 25.7 Å². The minimum atomic E-state index is -0.894. The molecular formula is C11H20N2O3. The van der Waals surface area contributed by atoms with Crippen molar-refractivity contribution in [3.8, 4) is 0 Å². The van der Waals surface area contributed by atoms with Gasteiger partial charge in [0.2, 0.25) is 0 Å². The van der Waals surface area contributed by atoms with E-state index < -0.39 is 6.09 Å². The summed E-state index contributed by atoms with van der Waals surface area (Å²) in [6.45, 7) is 3.74. The van der Waals surface area contributed by atoms with Crippen molar-refractivity contribution in [1.29, 1.82) is 0 Å². The molecule has 16 heavy (non-hydrogen) atoms. The third-order valence-corrected chi connectivity index (χ3v) is 3.59. The number of morpholine rings is 1. The SMILES string of the molecule is O=C(O)N[C@H]1CC[C@H](N2CCOCC2)CC1. The molecule has 1 heterocycles. The number of rotatable bonds is 2. The zero-order valence-electron chi connectivity index (χ0n) is 9.52. The summed E-state index contributed by atoms with van der Waals surface area (Å²) in [5.74, 6) is 0. The maximum atomic E-state index is 10.5. The van der Waals surface area contributed by atoms with Gasteiger partial charge in [-0.2, -0.15) is 0 Å². The van der Waals surface area contributed by atoms with Crippen LogP contribution >= 0.6 is 0 Å². The van der Waals surface area contributed by atoms with Gasteiger partial charge in [0.15, 0.2) is 0 Å². The standard InChI is InChI=1S/C11H20N2O3/c14-11(15)12-9-1-3-10(4-2-9)13-5-7-16-8-6-13/h9-10,12H,1-8H2,(H,14,15)/t9-,10-. The zero-order chi connectivity index (χ0) is 11.4. The van der Waals surface area contributed by atoms with Crippen molar-refractivity contribution in [1.82, 2.24) is 10.2 Å². The van der Waals surface area contributed by atoms with Crippen LogP contribution in [0, 0.1) is 0 Å². The molecule has 0 atom stereocenters. The highest BCUT2D eigenvalue weighted by molar-refractivity contribution is 5.64. The van der Waals surface area contributed by atoms with E-state index in [9.17, 15) is 4.79 Å². The van der Waals surface area contributed by atoms with E-state index in [1.54, 1.807) is 0 Å². The second-order valence-electron chi connectivity index (χ2n) is 4.60. The molecule has 5 heteroatoms. The number of carbonyl (C=O) groups is 1. The fourth-order valence-electron chi connectivity index (χ4n) is 2.70. The Hall–Kier alpha value is -0.810. The number of carboxylic acid groups (broad SMARTS) is 1. The van der Waals surface area contributed by atoms with Crippen LogP contribution in [0.2, 0.25) is 0 Å². The van der Waals surface area contributed by atoms with E-state index in [0.717, 1.165) is 52.0 Å². The maximum Gasteiger partial charge on any atom is 0.404 e. The Morgan fingerprint density at radius 2 is 1.81 bits per heavy atom. The monoisotopic (exact) mass is 228 g/mol. The summed E-state index contributed by atoms with van der Waals surface area (Å²) in [4.78, 5) is 13.0. The largest absolute Gasteiger partial charge is 0.465 e. The fourth-order valence-corrected chi connectivity index (χ4v) is 2.70. The summed E-state index contributed by atoms with van der Waals surface area (Å²) in [7, 11) is 0. The lowest BCUT2D eigenvalue weighted by Gasteiger charge is -2.38. The molecule has 5 nitrogen and oxygen atoms in total. The second-order valence-corrected chi connectivity index (χ2v) is 4.60. The van der Waals surface area contributed by atoms with Crippen molar-refractivity contribution in [3.63, 3.8) is 0 Å². The Bertz CT molecular complexity index is 233. The van der Waals surface area contributed by atoms with Crippen molar-refractivity contribution in [2.24, 2.45) is 0 Å². The van der Waals surface area contributed by atoms with Gasteiger partial charge >= 0.3 is 6.09 Å². The van der Waals surface area contributed by atoms with E-state index in [1.165, 1.54) is 0 Å². The van der Waals surface area contributed by atoms with Gasteiger partial charge in [-0.25, -0.2) is 4.79 Å². The molecule has 0 aromatic rings. The highest BCUT2D eigenvalue weighted by Gasteiger charge is 2.27. The van der Waals surface area contributed by atoms with E-state index in [4.69, 9.17) is 9.84 Å². The van der Waals surface area contributed by atoms with Crippen molar-refractivity contribution in [3.05, 3.63) is 0 Å². The molecule has 1 saturated carbocycles. The van der Waals surface area contributed by atoms with Gasteiger partial charge in [0.25, 0.3) is 0 Å². The lowest BCUT2D eigenvalue weighted by molar-refractivity contribution is 0.00669. The van der Waals surface area contributed by atoms with Crippen LogP contribution in [0.4, 0.5) is 4.79 Å². The van der Waals surface area contributed by atoms with E-state index >= 15 is 0 Å². The van der Waals surface area contributed by atoms with Crippen LogP contribution in [-0.2, 0) is 4.74 Å². The van der Waals surface area contributed by atoms with Gasteiger partial charge in [-0.3, -0.25) is 4.90 Å². The Kier molecular flexibility index (Phi) is 4.01. The van der Waals surface area contributed by atoms with Crippen LogP contribution < -0.4 is 5.32 Å². The van der Waals surface area contributed by atoms with E-state index in [2.05, 4.69) is 10.2 Å². The molecule has 2 fully saturated rings. The van der Waals surface area contributed by atoms with Gasteiger partial charge < -0.3 is 15.2 Å². The van der Waals surface area contributed by atoms with Crippen molar-refractivity contribution < 1.29 is 14.6 Å². The summed E-state index contributed by atoms with van der Waals surface area (Å²) in [6.07, 6.45) is 3.24. The van der Waals surface area contributed by atoms with Crippen LogP contribution in [0.1, 0.15) is 25.7 Å². The number of hydrogen-bond donors (Lipinski definition) is 2. The molecule has 0 bridgehead atoms. The molecule has 0 aromatic carbocycles. The van der Waals surface area contributed by atoms with Crippen LogP contribution in [0.25, 0.3) is 0 Å². The number of nitrogens with zero attached hydrogens (tertiary/aromatic N) is 1. The molecule has 0 radical (unpaired) electrons. The molecule has 0 spiro atoms. The first-order chi connectivity index (χ1) is 7.75. The molecule has 0 unspecified atom stereocenters. The molecule has 2 N–H and O–H groups in total. The van der Waals surface area contributed by atoms with E-state index in [0.29, 0.717) is 6.04 Å². The average molecular weight is 228 g/mol. The Morgan fingerprint density at radius 3 is 2.38 bits per heavy atom. The first kappa shape index (κ1) is 11.7. The quantitative estimate of drug-likeness (QED) is 0.737. The molecule has 0 aromatic heterocycles. The normalized spacial score (nSPS) is 32.2. The van der Waals surface area contributed by atoms with E-state index in [1.807, 2.05) is 0 Å².